The van der Waals surface area contributed by atoms with Gasteiger partial charge in [-0.05, 0) is 100 Å². The van der Waals surface area contributed by atoms with Gasteiger partial charge in [0, 0.05) is 70.2 Å². The monoisotopic (exact) mass is 1190 g/mol. The quantitative estimate of drug-likeness (QED) is 0.121. The molecule has 0 spiro atoms. The molecule has 1 radical (unpaired) electrons. The van der Waals surface area contributed by atoms with Crippen molar-refractivity contribution in [3.05, 3.63) is 291 Å². The van der Waals surface area contributed by atoms with Gasteiger partial charge >= 0.3 is 0 Å². The SMILES string of the molecule is CCCCc1c[c-]c(-c2ccccn2)cc1.[Ir].c1ccc(-c2ccc(-c3cc(-c4ccccc4)nc(-c4cccc(-c5cc(-n6c7ccccc7c7ccccc76)ccc5-n5c6ccccc6c6ccccc65)c4)c3)cc2)cc1. The summed E-state index contributed by atoms with van der Waals surface area (Å²) in [5.41, 5.74) is 21.3. The number of hydrogen-bond acceptors (Lipinski definition) is 2. The molecule has 5 heteroatoms. The first-order chi connectivity index (χ1) is 38.6. The van der Waals surface area contributed by atoms with E-state index >= 15 is 0 Å². The van der Waals surface area contributed by atoms with E-state index in [-0.39, 0.29) is 20.1 Å². The Kier molecular flexibility index (Phi) is 14.6. The van der Waals surface area contributed by atoms with Gasteiger partial charge in [0.15, 0.2) is 0 Å². The summed E-state index contributed by atoms with van der Waals surface area (Å²) in [5, 5.41) is 4.96. The van der Waals surface area contributed by atoms with E-state index in [0.717, 1.165) is 73.8 Å². The first kappa shape index (κ1) is 50.6. The molecule has 0 aliphatic carbocycles. The normalized spacial score (nSPS) is 11.2. The summed E-state index contributed by atoms with van der Waals surface area (Å²) in [6.45, 7) is 2.21. The molecule has 14 rings (SSSR count). The van der Waals surface area contributed by atoms with E-state index in [4.69, 9.17) is 4.98 Å². The van der Waals surface area contributed by atoms with Crippen molar-refractivity contribution < 1.29 is 20.1 Å². The van der Waals surface area contributed by atoms with Crippen molar-refractivity contribution in [1.29, 1.82) is 0 Å². The molecular formula is C74H55IrN4-. The van der Waals surface area contributed by atoms with Gasteiger partial charge < -0.3 is 14.1 Å². The van der Waals surface area contributed by atoms with Crippen molar-refractivity contribution in [2.75, 3.05) is 0 Å². The number of benzene rings is 10. The van der Waals surface area contributed by atoms with Gasteiger partial charge in [0.1, 0.15) is 0 Å². The van der Waals surface area contributed by atoms with Crippen LogP contribution in [0.25, 0.3) is 122 Å². The van der Waals surface area contributed by atoms with Gasteiger partial charge in [-0.1, -0.05) is 214 Å². The average Bonchev–Trinajstić information content (AvgIpc) is 4.23. The van der Waals surface area contributed by atoms with Crippen LogP contribution in [0, 0.1) is 6.07 Å². The molecule has 0 atom stereocenters. The molecule has 381 valence electrons. The summed E-state index contributed by atoms with van der Waals surface area (Å²) < 4.78 is 4.85. The zero-order valence-electron chi connectivity index (χ0n) is 43.8. The largest absolute Gasteiger partial charge is 0.309 e. The second kappa shape index (κ2) is 22.8. The number of nitrogens with zero attached hydrogens (tertiary/aromatic N) is 4. The molecule has 0 aliphatic rings. The van der Waals surface area contributed by atoms with E-state index in [1.807, 2.05) is 24.4 Å². The van der Waals surface area contributed by atoms with Crippen LogP contribution in [0.3, 0.4) is 0 Å². The summed E-state index contributed by atoms with van der Waals surface area (Å²) in [4.78, 5) is 9.68. The summed E-state index contributed by atoms with van der Waals surface area (Å²) >= 11 is 0. The minimum Gasteiger partial charge on any atom is -0.309 e. The van der Waals surface area contributed by atoms with Gasteiger partial charge in [0.2, 0.25) is 0 Å². The number of para-hydroxylation sites is 4. The molecule has 4 aromatic heterocycles. The third kappa shape index (κ3) is 10.1. The number of aromatic nitrogens is 4. The van der Waals surface area contributed by atoms with E-state index in [0.29, 0.717) is 0 Å². The Bertz CT molecular complexity index is 4280. The van der Waals surface area contributed by atoms with Gasteiger partial charge in [-0.25, -0.2) is 4.98 Å². The maximum Gasteiger partial charge on any atom is 0.0715 e. The second-order valence-electron chi connectivity index (χ2n) is 19.9. The van der Waals surface area contributed by atoms with Crippen molar-refractivity contribution in [3.8, 4) is 78.5 Å². The predicted octanol–water partition coefficient (Wildman–Crippen LogP) is 19.5. The minimum atomic E-state index is 0. The summed E-state index contributed by atoms with van der Waals surface area (Å²) in [6, 6.07) is 101. The second-order valence-corrected chi connectivity index (χ2v) is 19.9. The molecule has 4 nitrogen and oxygen atoms in total. The Hall–Kier alpha value is -9.25. The number of aryl methyl sites for hydroxylation is 1. The Balaban J connectivity index is 0.000000316. The van der Waals surface area contributed by atoms with Gasteiger partial charge in [0.25, 0.3) is 0 Å². The molecule has 0 fully saturated rings. The number of fused-ring (bicyclic) bond motifs is 6. The summed E-state index contributed by atoms with van der Waals surface area (Å²) in [7, 11) is 0. The maximum atomic E-state index is 5.37. The fraction of sp³-hybridized carbons (Fsp3) is 0.0541. The van der Waals surface area contributed by atoms with Crippen LogP contribution in [0.5, 0.6) is 0 Å². The molecular weight excluding hydrogens is 1140 g/mol. The number of pyridine rings is 2. The van der Waals surface area contributed by atoms with Gasteiger partial charge in [0.05, 0.1) is 39.1 Å². The number of hydrogen-bond donors (Lipinski definition) is 0. The first-order valence-corrected chi connectivity index (χ1v) is 27.0. The van der Waals surface area contributed by atoms with Crippen LogP contribution >= 0.6 is 0 Å². The number of rotatable bonds is 11. The summed E-state index contributed by atoms with van der Waals surface area (Å²) in [6.07, 6.45) is 5.45. The fourth-order valence-electron chi connectivity index (χ4n) is 11.1. The zero-order chi connectivity index (χ0) is 52.2. The topological polar surface area (TPSA) is 35.6 Å². The van der Waals surface area contributed by atoms with Crippen molar-refractivity contribution in [3.63, 3.8) is 0 Å². The number of unbranched alkanes of at least 4 members (excludes halogenated alkanes) is 1. The molecule has 10 aromatic carbocycles. The van der Waals surface area contributed by atoms with Crippen LogP contribution in [0.2, 0.25) is 0 Å². The molecule has 4 heterocycles. The van der Waals surface area contributed by atoms with Gasteiger partial charge in [-0.15, -0.1) is 35.4 Å². The molecule has 0 saturated carbocycles. The maximum absolute atomic E-state index is 5.37. The van der Waals surface area contributed by atoms with Crippen LogP contribution in [0.1, 0.15) is 25.3 Å². The molecule has 14 aromatic rings. The molecule has 0 unspecified atom stereocenters. The average molecular weight is 1190 g/mol. The molecule has 0 aliphatic heterocycles. The van der Waals surface area contributed by atoms with E-state index in [1.54, 1.807) is 0 Å². The van der Waals surface area contributed by atoms with E-state index in [9.17, 15) is 0 Å². The van der Waals surface area contributed by atoms with Crippen LogP contribution in [-0.4, -0.2) is 19.1 Å². The van der Waals surface area contributed by atoms with Crippen molar-refractivity contribution in [2.45, 2.75) is 26.2 Å². The van der Waals surface area contributed by atoms with Crippen LogP contribution < -0.4 is 0 Å². The standard InChI is InChI=1S/C59H39N3.C15H16N.Ir/c1-3-16-40(17-4-1)41-30-32-42(33-31-41)46-37-53(43-18-5-2-6-19-43)60-54(38-46)45-21-15-20-44(36-45)52-39-47(61-55-26-11-7-22-48(55)49-23-8-12-27-56(49)61)34-35-59(52)62-57-28-13-9-24-50(57)51-25-10-14-29-58(51)62;1-2-3-6-13-8-10-14(11-9-13)15-7-4-5-12-16-15;/h1-39H;4-5,7-10,12H,2-3,6H2,1H3;/q;-1;. The van der Waals surface area contributed by atoms with E-state index in [2.05, 4.69) is 282 Å². The third-order valence-corrected chi connectivity index (χ3v) is 15.0. The molecule has 0 N–H and O–H groups in total. The molecule has 79 heavy (non-hydrogen) atoms. The Morgan fingerprint density at radius 2 is 0.886 bits per heavy atom. The van der Waals surface area contributed by atoms with Crippen LogP contribution in [0.15, 0.2) is 279 Å². The fourth-order valence-corrected chi connectivity index (χ4v) is 11.1. The third-order valence-electron chi connectivity index (χ3n) is 15.0. The Morgan fingerprint density at radius 3 is 1.46 bits per heavy atom. The van der Waals surface area contributed by atoms with Crippen molar-refractivity contribution >= 4 is 43.6 Å². The van der Waals surface area contributed by atoms with Crippen LogP contribution in [0.4, 0.5) is 0 Å². The van der Waals surface area contributed by atoms with Crippen molar-refractivity contribution in [2.24, 2.45) is 0 Å². The summed E-state index contributed by atoms with van der Waals surface area (Å²) in [5.74, 6) is 0. The van der Waals surface area contributed by atoms with E-state index in [1.165, 1.54) is 73.1 Å². The first-order valence-electron chi connectivity index (χ1n) is 27.0. The Morgan fingerprint density at radius 1 is 0.380 bits per heavy atom. The molecule has 0 amide bonds. The minimum absolute atomic E-state index is 0. The van der Waals surface area contributed by atoms with Gasteiger partial charge in [-0.3, -0.25) is 0 Å². The predicted molar refractivity (Wildman–Crippen MR) is 327 cm³/mol. The van der Waals surface area contributed by atoms with Gasteiger partial charge in [-0.2, -0.15) is 0 Å². The Labute approximate surface area is 475 Å². The van der Waals surface area contributed by atoms with E-state index < -0.39 is 0 Å². The zero-order valence-corrected chi connectivity index (χ0v) is 46.2. The smallest absolute Gasteiger partial charge is 0.0715 e. The van der Waals surface area contributed by atoms with Crippen molar-refractivity contribution in [1.82, 2.24) is 19.1 Å². The molecule has 0 bridgehead atoms. The molecule has 0 saturated heterocycles. The van der Waals surface area contributed by atoms with Crippen LogP contribution in [-0.2, 0) is 26.5 Å².